The first-order chi connectivity index (χ1) is 9.92. The predicted molar refractivity (Wildman–Crippen MR) is 94.7 cm³/mol. The summed E-state index contributed by atoms with van der Waals surface area (Å²) in [5.41, 5.74) is 1.12. The molecule has 22 heavy (non-hydrogen) atoms. The highest BCUT2D eigenvalue weighted by Gasteiger charge is 2.25. The minimum absolute atomic E-state index is 0. The summed E-state index contributed by atoms with van der Waals surface area (Å²) >= 11 is 0. The number of nitrogens with one attached hydrogen (secondary N) is 2. The van der Waals surface area contributed by atoms with E-state index in [0.717, 1.165) is 5.56 Å². The van der Waals surface area contributed by atoms with Crippen LogP contribution in [0.25, 0.3) is 0 Å². The van der Waals surface area contributed by atoms with Crippen molar-refractivity contribution in [1.29, 1.82) is 0 Å². The van der Waals surface area contributed by atoms with Gasteiger partial charge in [-0.3, -0.25) is 4.99 Å². The first kappa shape index (κ1) is 21.0. The zero-order valence-electron chi connectivity index (χ0n) is 12.8. The number of rotatable bonds is 6. The molecule has 126 valence electrons. The van der Waals surface area contributed by atoms with Crippen LogP contribution in [0.3, 0.4) is 0 Å². The Labute approximate surface area is 146 Å². The summed E-state index contributed by atoms with van der Waals surface area (Å²) in [5, 5.41) is 6.23. The summed E-state index contributed by atoms with van der Waals surface area (Å²) in [6, 6.07) is 9.96. The SMILES string of the molecule is CN=C(NCCCCC(F)(F)F)NC(C)c1ccccc1.I. The largest absolute Gasteiger partial charge is 0.389 e. The summed E-state index contributed by atoms with van der Waals surface area (Å²) in [4.78, 5) is 4.07. The molecule has 1 aromatic carbocycles. The highest BCUT2D eigenvalue weighted by Crippen LogP contribution is 2.21. The predicted octanol–water partition coefficient (Wildman–Crippen LogP) is 4.26. The molecule has 0 aliphatic heterocycles. The van der Waals surface area contributed by atoms with Gasteiger partial charge in [0.2, 0.25) is 0 Å². The van der Waals surface area contributed by atoms with Gasteiger partial charge in [-0.1, -0.05) is 30.3 Å². The molecule has 0 amide bonds. The van der Waals surface area contributed by atoms with Crippen molar-refractivity contribution < 1.29 is 13.2 Å². The van der Waals surface area contributed by atoms with Crippen LogP contribution in [0.5, 0.6) is 0 Å². The summed E-state index contributed by atoms with van der Waals surface area (Å²) in [5.74, 6) is 0.596. The number of benzene rings is 1. The smallest absolute Gasteiger partial charge is 0.356 e. The van der Waals surface area contributed by atoms with Gasteiger partial charge in [0, 0.05) is 20.0 Å². The molecule has 0 bridgehead atoms. The van der Waals surface area contributed by atoms with E-state index in [2.05, 4.69) is 15.6 Å². The maximum atomic E-state index is 12.0. The minimum Gasteiger partial charge on any atom is -0.356 e. The van der Waals surface area contributed by atoms with Crippen LogP contribution in [0, 0.1) is 0 Å². The van der Waals surface area contributed by atoms with Crippen molar-refractivity contribution in [2.24, 2.45) is 4.99 Å². The fourth-order valence-corrected chi connectivity index (χ4v) is 1.88. The van der Waals surface area contributed by atoms with E-state index in [1.165, 1.54) is 0 Å². The molecule has 3 nitrogen and oxygen atoms in total. The zero-order chi connectivity index (χ0) is 15.7. The molecule has 0 aliphatic rings. The van der Waals surface area contributed by atoms with Crippen LogP contribution >= 0.6 is 24.0 Å². The molecule has 1 rings (SSSR count). The lowest BCUT2D eigenvalue weighted by Gasteiger charge is -2.18. The second-order valence-electron chi connectivity index (χ2n) is 4.85. The number of guanidine groups is 1. The van der Waals surface area contributed by atoms with Gasteiger partial charge in [0.05, 0.1) is 6.04 Å². The molecule has 1 atom stereocenters. The molecule has 0 saturated carbocycles. The maximum Gasteiger partial charge on any atom is 0.389 e. The Morgan fingerprint density at radius 3 is 2.36 bits per heavy atom. The standard InChI is InChI=1S/C15H22F3N3.HI/c1-12(13-8-4-3-5-9-13)21-14(19-2)20-11-7-6-10-15(16,17)18;/h3-5,8-9,12H,6-7,10-11H2,1-2H3,(H2,19,20,21);1H. The molecule has 0 radical (unpaired) electrons. The lowest BCUT2D eigenvalue weighted by Crippen LogP contribution is -2.39. The molecular weight excluding hydrogens is 406 g/mol. The van der Waals surface area contributed by atoms with Crippen LogP contribution in [0.4, 0.5) is 13.2 Å². The summed E-state index contributed by atoms with van der Waals surface area (Å²) in [7, 11) is 1.64. The van der Waals surface area contributed by atoms with Gasteiger partial charge in [0.15, 0.2) is 5.96 Å². The molecule has 7 heteroatoms. The molecule has 1 aromatic rings. The Morgan fingerprint density at radius 2 is 1.82 bits per heavy atom. The topological polar surface area (TPSA) is 36.4 Å². The molecule has 1 unspecified atom stereocenters. The van der Waals surface area contributed by atoms with Crippen LogP contribution in [0.1, 0.15) is 37.8 Å². The van der Waals surface area contributed by atoms with Crippen LogP contribution in [0.15, 0.2) is 35.3 Å². The van der Waals surface area contributed by atoms with Gasteiger partial charge in [0.25, 0.3) is 0 Å². The highest BCUT2D eigenvalue weighted by atomic mass is 127. The van der Waals surface area contributed by atoms with E-state index < -0.39 is 12.6 Å². The Morgan fingerprint density at radius 1 is 1.18 bits per heavy atom. The third-order valence-corrected chi connectivity index (χ3v) is 3.06. The number of alkyl halides is 3. The van der Waals surface area contributed by atoms with E-state index >= 15 is 0 Å². The zero-order valence-corrected chi connectivity index (χ0v) is 15.1. The van der Waals surface area contributed by atoms with E-state index in [1.807, 2.05) is 37.3 Å². The minimum atomic E-state index is -4.07. The quantitative estimate of drug-likeness (QED) is 0.307. The van der Waals surface area contributed by atoms with Gasteiger partial charge in [-0.05, 0) is 25.3 Å². The summed E-state index contributed by atoms with van der Waals surface area (Å²) in [6.07, 6.45) is -4.22. The number of unbranched alkanes of at least 4 members (excludes halogenated alkanes) is 1. The normalized spacial score (nSPS) is 13.2. The van der Waals surface area contributed by atoms with Crippen molar-refractivity contribution in [1.82, 2.24) is 10.6 Å². The fraction of sp³-hybridized carbons (Fsp3) is 0.533. The summed E-state index contributed by atoms with van der Waals surface area (Å²) < 4.78 is 36.0. The highest BCUT2D eigenvalue weighted by molar-refractivity contribution is 14.0. The number of hydrogen-bond acceptors (Lipinski definition) is 1. The first-order valence-electron chi connectivity index (χ1n) is 7.01. The fourth-order valence-electron chi connectivity index (χ4n) is 1.88. The van der Waals surface area contributed by atoms with Crippen LogP contribution in [-0.2, 0) is 0 Å². The Bertz CT molecular complexity index is 435. The van der Waals surface area contributed by atoms with Gasteiger partial charge in [-0.2, -0.15) is 13.2 Å². The van der Waals surface area contributed by atoms with Crippen LogP contribution in [0.2, 0.25) is 0 Å². The maximum absolute atomic E-state index is 12.0. The first-order valence-corrected chi connectivity index (χ1v) is 7.01. The van der Waals surface area contributed by atoms with Crippen molar-refractivity contribution >= 4 is 29.9 Å². The average Bonchev–Trinajstić information content (AvgIpc) is 2.45. The van der Waals surface area contributed by atoms with Crippen molar-refractivity contribution in [3.63, 3.8) is 0 Å². The Kier molecular flexibility index (Phi) is 10.2. The van der Waals surface area contributed by atoms with Crippen molar-refractivity contribution in [2.45, 2.75) is 38.4 Å². The van der Waals surface area contributed by atoms with Crippen molar-refractivity contribution in [2.75, 3.05) is 13.6 Å². The van der Waals surface area contributed by atoms with Crippen LogP contribution in [-0.4, -0.2) is 25.7 Å². The average molecular weight is 429 g/mol. The van der Waals surface area contributed by atoms with Crippen molar-refractivity contribution in [3.05, 3.63) is 35.9 Å². The summed E-state index contributed by atoms with van der Waals surface area (Å²) in [6.45, 7) is 2.48. The third kappa shape index (κ3) is 9.11. The third-order valence-electron chi connectivity index (χ3n) is 3.06. The lowest BCUT2D eigenvalue weighted by molar-refractivity contribution is -0.135. The Hall–Kier alpha value is -0.990. The van der Waals surface area contributed by atoms with E-state index in [-0.39, 0.29) is 36.4 Å². The Balaban J connectivity index is 0.00000441. The molecule has 0 aromatic heterocycles. The molecule has 0 saturated heterocycles. The monoisotopic (exact) mass is 429 g/mol. The van der Waals surface area contributed by atoms with E-state index in [4.69, 9.17) is 0 Å². The molecule has 0 spiro atoms. The van der Waals surface area contributed by atoms with Gasteiger partial charge in [-0.15, -0.1) is 24.0 Å². The molecule has 2 N–H and O–H groups in total. The van der Waals surface area contributed by atoms with Crippen LogP contribution < -0.4 is 10.6 Å². The number of halogens is 4. The number of nitrogens with zero attached hydrogens (tertiary/aromatic N) is 1. The van der Waals surface area contributed by atoms with Gasteiger partial charge < -0.3 is 10.6 Å². The van der Waals surface area contributed by atoms with Crippen molar-refractivity contribution in [3.8, 4) is 0 Å². The molecule has 0 aliphatic carbocycles. The van der Waals surface area contributed by atoms with E-state index in [0.29, 0.717) is 18.9 Å². The lowest BCUT2D eigenvalue weighted by atomic mass is 10.1. The number of hydrogen-bond donors (Lipinski definition) is 2. The second-order valence-corrected chi connectivity index (χ2v) is 4.85. The van der Waals surface area contributed by atoms with Gasteiger partial charge in [-0.25, -0.2) is 0 Å². The molecule has 0 fully saturated rings. The number of aliphatic imine (C=N–C) groups is 1. The second kappa shape index (κ2) is 10.7. The van der Waals surface area contributed by atoms with Gasteiger partial charge >= 0.3 is 6.18 Å². The van der Waals surface area contributed by atoms with E-state index in [1.54, 1.807) is 7.05 Å². The molecule has 0 heterocycles. The van der Waals surface area contributed by atoms with Gasteiger partial charge in [0.1, 0.15) is 0 Å². The molecular formula is C15H23F3IN3. The van der Waals surface area contributed by atoms with E-state index in [9.17, 15) is 13.2 Å².